The fourth-order valence-corrected chi connectivity index (χ4v) is 9.37. The summed E-state index contributed by atoms with van der Waals surface area (Å²) >= 11 is 7.94. The summed E-state index contributed by atoms with van der Waals surface area (Å²) in [5.41, 5.74) is 2.60. The standard InChI is InChI=1S/C35H42ClN3O5S2/c1-23-7-6-15-35(43-3,34-37-16-18-45-34)30-13-10-27(30)21-39-17-5-4-8-25-19-29(36)12-9-28(25)22-44-32-14-11-26(20-31(32)39)33(40)38-46(41,42)24(23)2/h6,9,11-12,14-16,18-20,23-24,27,30H,4-5,7-8,10,13,17,21-22H2,1-3H3,(H,38,40)/b15-6+/t23-,24+,27-,30+,35+/m0/s1. The van der Waals surface area contributed by atoms with E-state index in [2.05, 4.69) is 15.7 Å². The number of fused-ring (bicyclic) bond motifs is 3. The smallest absolute Gasteiger partial charge is 0.264 e. The normalized spacial score (nSPS) is 29.1. The maximum atomic E-state index is 13.5. The number of methoxy groups -OCH3 is 1. The van der Waals surface area contributed by atoms with Crippen LogP contribution in [0.2, 0.25) is 5.02 Å². The third kappa shape index (κ3) is 6.59. The maximum Gasteiger partial charge on any atom is 0.264 e. The maximum absolute atomic E-state index is 13.5. The molecule has 1 N–H and O–H groups in total. The van der Waals surface area contributed by atoms with E-state index >= 15 is 0 Å². The minimum Gasteiger partial charge on any atom is -0.487 e. The number of aryl methyl sites for hydroxylation is 1. The van der Waals surface area contributed by atoms with Gasteiger partial charge < -0.3 is 14.4 Å². The van der Waals surface area contributed by atoms with Gasteiger partial charge in [-0.1, -0.05) is 30.7 Å². The monoisotopic (exact) mass is 683 g/mol. The molecule has 0 spiro atoms. The highest BCUT2D eigenvalue weighted by Gasteiger charge is 2.50. The van der Waals surface area contributed by atoms with Crippen molar-refractivity contribution in [2.24, 2.45) is 17.8 Å². The van der Waals surface area contributed by atoms with Crippen molar-refractivity contribution >= 4 is 44.6 Å². The molecular formula is C35H42ClN3O5S2. The Balaban J connectivity index is 1.44. The van der Waals surface area contributed by atoms with Crippen LogP contribution in [0.4, 0.5) is 5.69 Å². The van der Waals surface area contributed by atoms with Crippen molar-refractivity contribution in [1.82, 2.24) is 9.71 Å². The molecule has 1 saturated carbocycles. The van der Waals surface area contributed by atoms with Crippen LogP contribution >= 0.6 is 22.9 Å². The molecule has 2 aliphatic heterocycles. The van der Waals surface area contributed by atoms with Gasteiger partial charge in [0.25, 0.3) is 5.91 Å². The van der Waals surface area contributed by atoms with E-state index in [0.717, 1.165) is 61.5 Å². The molecule has 246 valence electrons. The number of nitrogens with zero attached hydrogens (tertiary/aromatic N) is 2. The third-order valence-electron chi connectivity index (χ3n) is 10.2. The Kier molecular flexibility index (Phi) is 9.80. The number of allylic oxidation sites excluding steroid dienone is 1. The number of amides is 1. The average Bonchev–Trinajstić information content (AvgIpc) is 3.56. The lowest BCUT2D eigenvalue weighted by atomic mass is 9.64. The summed E-state index contributed by atoms with van der Waals surface area (Å²) in [6.45, 7) is 5.39. The molecule has 1 aliphatic carbocycles. The van der Waals surface area contributed by atoms with Gasteiger partial charge >= 0.3 is 0 Å². The summed E-state index contributed by atoms with van der Waals surface area (Å²) in [5.74, 6) is 0.238. The van der Waals surface area contributed by atoms with E-state index in [1.165, 1.54) is 5.56 Å². The highest BCUT2D eigenvalue weighted by molar-refractivity contribution is 7.90. The van der Waals surface area contributed by atoms with Gasteiger partial charge in [0, 0.05) is 48.3 Å². The van der Waals surface area contributed by atoms with Crippen LogP contribution in [-0.4, -0.2) is 44.8 Å². The van der Waals surface area contributed by atoms with Crippen LogP contribution in [0.5, 0.6) is 5.75 Å². The largest absolute Gasteiger partial charge is 0.487 e. The van der Waals surface area contributed by atoms with Gasteiger partial charge in [0.15, 0.2) is 0 Å². The molecule has 1 aromatic heterocycles. The first-order chi connectivity index (χ1) is 22.1. The van der Waals surface area contributed by atoms with E-state index < -0.39 is 26.8 Å². The number of aromatic nitrogens is 1. The predicted molar refractivity (Wildman–Crippen MR) is 183 cm³/mol. The van der Waals surface area contributed by atoms with Gasteiger partial charge in [-0.15, -0.1) is 11.3 Å². The first kappa shape index (κ1) is 33.0. The lowest BCUT2D eigenvalue weighted by molar-refractivity contribution is -0.0804. The highest BCUT2D eigenvalue weighted by atomic mass is 35.5. The van der Waals surface area contributed by atoms with Crippen molar-refractivity contribution in [3.05, 3.63) is 86.8 Å². The number of carbonyl (C=O) groups is 1. The van der Waals surface area contributed by atoms with Crippen LogP contribution < -0.4 is 14.4 Å². The Morgan fingerprint density at radius 2 is 1.98 bits per heavy atom. The van der Waals surface area contributed by atoms with Crippen LogP contribution in [-0.2, 0) is 33.4 Å². The summed E-state index contributed by atoms with van der Waals surface area (Å²) < 4.78 is 42.1. The SMILES string of the molecule is CO[C@]1(c2nccs2)/C=C/C[C@H](C)[C@@H](C)S(=O)(=O)NC(=O)c2ccc3c(c2)N(CCCCc2cc(Cl)ccc2CO3)C[C@@H]2CC[C@H]21. The van der Waals surface area contributed by atoms with Crippen molar-refractivity contribution in [3.63, 3.8) is 0 Å². The van der Waals surface area contributed by atoms with Gasteiger partial charge in [-0.05, 0) is 105 Å². The van der Waals surface area contributed by atoms with Crippen molar-refractivity contribution in [2.45, 2.75) is 69.8 Å². The molecular weight excluding hydrogens is 642 g/mol. The Labute approximate surface area is 281 Å². The van der Waals surface area contributed by atoms with Crippen LogP contribution in [0.1, 0.15) is 72.4 Å². The highest BCUT2D eigenvalue weighted by Crippen LogP contribution is 2.51. The van der Waals surface area contributed by atoms with Crippen LogP contribution in [0.3, 0.4) is 0 Å². The number of hydrogen-bond donors (Lipinski definition) is 1. The van der Waals surface area contributed by atoms with Crippen LogP contribution in [0.25, 0.3) is 0 Å². The van der Waals surface area contributed by atoms with Gasteiger partial charge in [0.1, 0.15) is 23.0 Å². The lowest BCUT2D eigenvalue weighted by Crippen LogP contribution is -2.49. The van der Waals surface area contributed by atoms with Crippen molar-refractivity contribution in [1.29, 1.82) is 0 Å². The summed E-state index contributed by atoms with van der Waals surface area (Å²) in [4.78, 5) is 20.5. The first-order valence-corrected chi connectivity index (χ1v) is 18.9. The first-order valence-electron chi connectivity index (χ1n) is 16.1. The predicted octanol–water partition coefficient (Wildman–Crippen LogP) is 7.13. The number of sulfonamides is 1. The molecule has 2 aromatic carbocycles. The molecule has 1 amide bonds. The number of anilines is 1. The van der Waals surface area contributed by atoms with E-state index in [9.17, 15) is 13.2 Å². The number of halogens is 1. The van der Waals surface area contributed by atoms with Crippen molar-refractivity contribution in [3.8, 4) is 5.75 Å². The Morgan fingerprint density at radius 3 is 2.72 bits per heavy atom. The van der Waals surface area contributed by atoms with Gasteiger partial charge in [-0.25, -0.2) is 18.1 Å². The van der Waals surface area contributed by atoms with Gasteiger partial charge in [0.2, 0.25) is 10.0 Å². The van der Waals surface area contributed by atoms with Crippen LogP contribution in [0, 0.1) is 17.8 Å². The second-order valence-electron chi connectivity index (χ2n) is 12.9. The fraction of sp³-hybridized carbons (Fsp3) is 0.486. The van der Waals surface area contributed by atoms with E-state index in [1.807, 2.05) is 42.8 Å². The van der Waals surface area contributed by atoms with Crippen molar-refractivity contribution in [2.75, 3.05) is 25.1 Å². The number of nitrogens with one attached hydrogen (secondary N) is 1. The fourth-order valence-electron chi connectivity index (χ4n) is 7.03. The van der Waals surface area contributed by atoms with Gasteiger partial charge in [0.05, 0.1) is 10.9 Å². The molecule has 0 saturated heterocycles. The molecule has 5 atom stereocenters. The van der Waals surface area contributed by atoms with Gasteiger partial charge in [-0.3, -0.25) is 4.79 Å². The summed E-state index contributed by atoms with van der Waals surface area (Å²) in [6, 6.07) is 11.2. The Morgan fingerprint density at radius 1 is 1.13 bits per heavy atom. The number of carbonyl (C=O) groups excluding carboxylic acids is 1. The number of rotatable bonds is 2. The molecule has 0 radical (unpaired) electrons. The molecule has 11 heteroatoms. The molecule has 3 heterocycles. The third-order valence-corrected chi connectivity index (χ3v) is 13.2. The second kappa shape index (κ2) is 13.7. The summed E-state index contributed by atoms with van der Waals surface area (Å²) in [5, 5.41) is 2.80. The molecule has 6 rings (SSSR count). The zero-order valence-corrected chi connectivity index (χ0v) is 29.0. The zero-order chi connectivity index (χ0) is 32.5. The summed E-state index contributed by atoms with van der Waals surface area (Å²) in [6.07, 6.45) is 11.3. The quantitative estimate of drug-likeness (QED) is 0.287. The number of benzene rings is 2. The molecule has 1 fully saturated rings. The molecule has 46 heavy (non-hydrogen) atoms. The van der Waals surface area contributed by atoms with E-state index in [-0.39, 0.29) is 17.4 Å². The van der Waals surface area contributed by atoms with E-state index in [0.29, 0.717) is 29.7 Å². The van der Waals surface area contributed by atoms with Crippen molar-refractivity contribution < 1.29 is 22.7 Å². The second-order valence-corrected chi connectivity index (χ2v) is 16.2. The molecule has 3 aliphatic rings. The topological polar surface area (TPSA) is 97.8 Å². The zero-order valence-electron chi connectivity index (χ0n) is 26.6. The molecule has 8 nitrogen and oxygen atoms in total. The molecule has 3 aromatic rings. The average molecular weight is 684 g/mol. The number of thiazole rings is 1. The number of hydrogen-bond acceptors (Lipinski definition) is 8. The van der Waals surface area contributed by atoms with E-state index in [1.54, 1.807) is 43.6 Å². The molecule has 2 bridgehead atoms. The summed E-state index contributed by atoms with van der Waals surface area (Å²) in [7, 11) is -2.20. The Bertz CT molecular complexity index is 1700. The van der Waals surface area contributed by atoms with Gasteiger partial charge in [-0.2, -0.15) is 0 Å². The van der Waals surface area contributed by atoms with Crippen LogP contribution in [0.15, 0.2) is 60.1 Å². The molecule has 0 unspecified atom stereocenters. The van der Waals surface area contributed by atoms with E-state index in [4.69, 9.17) is 26.1 Å². The lowest BCUT2D eigenvalue weighted by Gasteiger charge is -2.49. The minimum atomic E-state index is -3.95. The minimum absolute atomic E-state index is 0.171. The Hall–Kier alpha value is -2.92. The number of ether oxygens (including phenoxy) is 2.